The molecule has 0 saturated carbocycles. The van der Waals surface area contributed by atoms with E-state index in [9.17, 15) is 18.0 Å². The monoisotopic (exact) mass is 209 g/mol. The van der Waals surface area contributed by atoms with Crippen molar-refractivity contribution in [2.75, 3.05) is 13.1 Å². The number of carbonyl (C=O) groups excluding carboxylic acids is 1. The lowest BCUT2D eigenvalue weighted by Gasteiger charge is -2.32. The number of nitrogens with zero attached hydrogens (tertiary/aromatic N) is 1. The van der Waals surface area contributed by atoms with Gasteiger partial charge < -0.3 is 0 Å². The van der Waals surface area contributed by atoms with E-state index in [-0.39, 0.29) is 18.4 Å². The molecule has 14 heavy (non-hydrogen) atoms. The summed E-state index contributed by atoms with van der Waals surface area (Å²) in [5.41, 5.74) is 0. The number of ketones is 1. The van der Waals surface area contributed by atoms with Gasteiger partial charge in [0.15, 0.2) is 0 Å². The zero-order chi connectivity index (χ0) is 10.8. The standard InChI is InChI=1S/C9H14F3NO/c1-7-6-8(14)2-4-13(7)5-3-9(10,11)12/h7H,2-6H2,1H3. The Morgan fingerprint density at radius 3 is 2.64 bits per heavy atom. The zero-order valence-corrected chi connectivity index (χ0v) is 8.10. The summed E-state index contributed by atoms with van der Waals surface area (Å²) in [6.45, 7) is 2.28. The van der Waals surface area contributed by atoms with Gasteiger partial charge in [0.25, 0.3) is 0 Å². The van der Waals surface area contributed by atoms with E-state index < -0.39 is 12.6 Å². The number of alkyl halides is 3. The molecule has 1 heterocycles. The average molecular weight is 209 g/mol. The van der Waals surface area contributed by atoms with Crippen LogP contribution in [0, 0.1) is 0 Å². The Kier molecular flexibility index (Phi) is 3.53. The molecule has 0 aliphatic carbocycles. The van der Waals surface area contributed by atoms with Crippen LogP contribution in [-0.4, -0.2) is 36.0 Å². The van der Waals surface area contributed by atoms with Crippen molar-refractivity contribution >= 4 is 5.78 Å². The largest absolute Gasteiger partial charge is 0.390 e. The van der Waals surface area contributed by atoms with Crippen molar-refractivity contribution in [2.45, 2.75) is 38.4 Å². The Hall–Kier alpha value is -0.580. The fourth-order valence-corrected chi connectivity index (χ4v) is 1.65. The molecule has 1 aliphatic heterocycles. The smallest absolute Gasteiger partial charge is 0.300 e. The lowest BCUT2D eigenvalue weighted by molar-refractivity contribution is -0.140. The van der Waals surface area contributed by atoms with Crippen molar-refractivity contribution in [3.8, 4) is 0 Å². The molecular formula is C9H14F3NO. The molecule has 0 radical (unpaired) electrons. The molecule has 0 spiro atoms. The van der Waals surface area contributed by atoms with Crippen LogP contribution in [0.4, 0.5) is 13.2 Å². The van der Waals surface area contributed by atoms with Gasteiger partial charge in [-0.1, -0.05) is 0 Å². The summed E-state index contributed by atoms with van der Waals surface area (Å²) in [6.07, 6.45) is -4.10. The number of Topliss-reactive ketones (excluding diaryl/α,β-unsaturated/α-hetero) is 1. The van der Waals surface area contributed by atoms with E-state index in [2.05, 4.69) is 0 Å². The first-order valence-corrected chi connectivity index (χ1v) is 4.71. The van der Waals surface area contributed by atoms with Crippen LogP contribution in [0.15, 0.2) is 0 Å². The average Bonchev–Trinajstić information content (AvgIpc) is 2.00. The van der Waals surface area contributed by atoms with Crippen molar-refractivity contribution in [3.05, 3.63) is 0 Å². The van der Waals surface area contributed by atoms with Gasteiger partial charge in [-0.2, -0.15) is 13.2 Å². The second-order valence-electron chi connectivity index (χ2n) is 3.74. The Morgan fingerprint density at radius 1 is 1.50 bits per heavy atom. The lowest BCUT2D eigenvalue weighted by Crippen LogP contribution is -2.42. The molecule has 0 aromatic heterocycles. The van der Waals surface area contributed by atoms with Gasteiger partial charge in [-0.15, -0.1) is 0 Å². The van der Waals surface area contributed by atoms with E-state index in [1.807, 2.05) is 0 Å². The van der Waals surface area contributed by atoms with Crippen LogP contribution in [0.2, 0.25) is 0 Å². The van der Waals surface area contributed by atoms with Crippen LogP contribution in [0.5, 0.6) is 0 Å². The summed E-state index contributed by atoms with van der Waals surface area (Å²) in [5, 5.41) is 0. The third-order valence-corrected chi connectivity index (χ3v) is 2.51. The number of rotatable bonds is 2. The Morgan fingerprint density at radius 2 is 2.14 bits per heavy atom. The Balaban J connectivity index is 2.34. The van der Waals surface area contributed by atoms with Gasteiger partial charge in [0.05, 0.1) is 6.42 Å². The van der Waals surface area contributed by atoms with Crippen LogP contribution in [0.1, 0.15) is 26.2 Å². The van der Waals surface area contributed by atoms with Gasteiger partial charge in [0.2, 0.25) is 0 Å². The van der Waals surface area contributed by atoms with Gasteiger partial charge in [-0.3, -0.25) is 9.69 Å². The van der Waals surface area contributed by atoms with E-state index >= 15 is 0 Å². The maximum Gasteiger partial charge on any atom is 0.390 e. The third-order valence-electron chi connectivity index (χ3n) is 2.51. The second-order valence-corrected chi connectivity index (χ2v) is 3.74. The van der Waals surface area contributed by atoms with Crippen molar-refractivity contribution < 1.29 is 18.0 Å². The molecule has 1 atom stereocenters. The molecule has 1 aliphatic rings. The molecule has 0 bridgehead atoms. The van der Waals surface area contributed by atoms with Crippen molar-refractivity contribution in [2.24, 2.45) is 0 Å². The zero-order valence-electron chi connectivity index (χ0n) is 8.10. The van der Waals surface area contributed by atoms with Crippen LogP contribution in [-0.2, 0) is 4.79 Å². The minimum atomic E-state index is -4.10. The number of carbonyl (C=O) groups is 1. The van der Waals surface area contributed by atoms with Crippen LogP contribution >= 0.6 is 0 Å². The first-order valence-electron chi connectivity index (χ1n) is 4.71. The highest BCUT2D eigenvalue weighted by Crippen LogP contribution is 2.22. The number of likely N-dealkylation sites (tertiary alicyclic amines) is 1. The summed E-state index contributed by atoms with van der Waals surface area (Å²) in [4.78, 5) is 12.7. The lowest BCUT2D eigenvalue weighted by atomic mass is 10.0. The predicted octanol–water partition coefficient (Wildman–Crippen LogP) is 1.99. The van der Waals surface area contributed by atoms with Gasteiger partial charge in [-0.05, 0) is 6.92 Å². The number of halogens is 3. The number of hydrogen-bond donors (Lipinski definition) is 0. The van der Waals surface area contributed by atoms with E-state index in [0.717, 1.165) is 0 Å². The van der Waals surface area contributed by atoms with Gasteiger partial charge in [0, 0.05) is 32.0 Å². The van der Waals surface area contributed by atoms with Gasteiger partial charge in [-0.25, -0.2) is 0 Å². The SMILES string of the molecule is CC1CC(=O)CCN1CCC(F)(F)F. The molecule has 82 valence electrons. The molecule has 2 nitrogen and oxygen atoms in total. The third kappa shape index (κ3) is 3.65. The summed E-state index contributed by atoms with van der Waals surface area (Å²) in [6, 6.07) is -0.0430. The fraction of sp³-hybridized carbons (Fsp3) is 0.889. The maximum absolute atomic E-state index is 11.9. The van der Waals surface area contributed by atoms with E-state index in [1.54, 1.807) is 11.8 Å². The molecular weight excluding hydrogens is 195 g/mol. The maximum atomic E-state index is 11.9. The quantitative estimate of drug-likeness (QED) is 0.693. The summed E-state index contributed by atoms with van der Waals surface area (Å²) in [5.74, 6) is 0.153. The second kappa shape index (κ2) is 4.29. The van der Waals surface area contributed by atoms with E-state index in [4.69, 9.17) is 0 Å². The van der Waals surface area contributed by atoms with Crippen molar-refractivity contribution in [3.63, 3.8) is 0 Å². The van der Waals surface area contributed by atoms with E-state index in [1.165, 1.54) is 0 Å². The van der Waals surface area contributed by atoms with E-state index in [0.29, 0.717) is 19.4 Å². The van der Waals surface area contributed by atoms with Gasteiger partial charge in [0.1, 0.15) is 5.78 Å². The minimum Gasteiger partial charge on any atom is -0.300 e. The molecule has 5 heteroatoms. The highest BCUT2D eigenvalue weighted by atomic mass is 19.4. The summed E-state index contributed by atoms with van der Waals surface area (Å²) in [7, 11) is 0. The topological polar surface area (TPSA) is 20.3 Å². The molecule has 0 N–H and O–H groups in total. The molecule has 0 aromatic carbocycles. The highest BCUT2D eigenvalue weighted by molar-refractivity contribution is 5.79. The first-order chi connectivity index (χ1) is 6.38. The molecule has 0 amide bonds. The van der Waals surface area contributed by atoms with Gasteiger partial charge >= 0.3 is 6.18 Å². The van der Waals surface area contributed by atoms with Crippen LogP contribution < -0.4 is 0 Å². The fourth-order valence-electron chi connectivity index (χ4n) is 1.65. The first kappa shape index (κ1) is 11.5. The number of hydrogen-bond acceptors (Lipinski definition) is 2. The Labute approximate surface area is 81.1 Å². The summed E-state index contributed by atoms with van der Waals surface area (Å²) >= 11 is 0. The summed E-state index contributed by atoms with van der Waals surface area (Å²) < 4.78 is 35.8. The number of piperidine rings is 1. The van der Waals surface area contributed by atoms with Crippen LogP contribution in [0.3, 0.4) is 0 Å². The predicted molar refractivity (Wildman–Crippen MR) is 45.9 cm³/mol. The molecule has 1 fully saturated rings. The molecule has 0 aromatic rings. The normalized spacial score (nSPS) is 25.4. The van der Waals surface area contributed by atoms with Crippen LogP contribution in [0.25, 0.3) is 0 Å². The molecule has 1 rings (SSSR count). The Bertz CT molecular complexity index is 215. The minimum absolute atomic E-state index is 0.0119. The van der Waals surface area contributed by atoms with Crippen molar-refractivity contribution in [1.82, 2.24) is 4.90 Å². The highest BCUT2D eigenvalue weighted by Gasteiger charge is 2.30. The molecule has 1 saturated heterocycles. The van der Waals surface area contributed by atoms with Crippen molar-refractivity contribution in [1.29, 1.82) is 0 Å². The molecule has 1 unspecified atom stereocenters.